The van der Waals surface area contributed by atoms with E-state index in [1.807, 2.05) is 0 Å². The number of carbonyl (C=O) groups excluding carboxylic acids is 1. The van der Waals surface area contributed by atoms with Gasteiger partial charge in [-0.1, -0.05) is 61.0 Å². The monoisotopic (exact) mass is 337 g/mol. The number of hydrogen-bond donors (Lipinski definition) is 1. The molecule has 2 nitrogen and oxygen atoms in total. The maximum Gasteiger partial charge on any atom is 0.223 e. The molecule has 1 aliphatic carbocycles. The first-order valence-corrected chi connectivity index (χ1v) is 8.25. The fraction of sp³-hybridized carbons (Fsp3) is 0.588. The van der Waals surface area contributed by atoms with Crippen LogP contribution in [0.2, 0.25) is 0 Å². The van der Waals surface area contributed by atoms with Gasteiger partial charge in [0.05, 0.1) is 0 Å². The summed E-state index contributed by atoms with van der Waals surface area (Å²) >= 11 is 3.66. The van der Waals surface area contributed by atoms with Crippen LogP contribution in [0, 0.1) is 11.3 Å². The van der Waals surface area contributed by atoms with Gasteiger partial charge in [-0.25, -0.2) is 0 Å². The molecule has 0 aliphatic heterocycles. The predicted octanol–water partition coefficient (Wildman–Crippen LogP) is 3.72. The van der Waals surface area contributed by atoms with Crippen molar-refractivity contribution in [1.29, 1.82) is 0 Å². The van der Waals surface area contributed by atoms with Gasteiger partial charge in [0.15, 0.2) is 0 Å². The second-order valence-corrected chi connectivity index (χ2v) is 8.28. The Morgan fingerprint density at radius 2 is 1.85 bits per heavy atom. The van der Waals surface area contributed by atoms with Crippen molar-refractivity contribution in [1.82, 2.24) is 5.32 Å². The van der Waals surface area contributed by atoms with Crippen molar-refractivity contribution >= 4 is 21.8 Å². The maximum atomic E-state index is 12.3. The van der Waals surface area contributed by atoms with Gasteiger partial charge in [-0.2, -0.15) is 0 Å². The second kappa shape index (κ2) is 6.30. The molecule has 1 amide bonds. The molecule has 1 unspecified atom stereocenters. The summed E-state index contributed by atoms with van der Waals surface area (Å²) in [6.45, 7) is 7.37. The van der Waals surface area contributed by atoms with Gasteiger partial charge in [-0.05, 0) is 35.8 Å². The Hall–Kier alpha value is -0.830. The first-order chi connectivity index (χ1) is 9.35. The first kappa shape index (κ1) is 15.6. The van der Waals surface area contributed by atoms with Gasteiger partial charge in [-0.15, -0.1) is 0 Å². The van der Waals surface area contributed by atoms with E-state index in [0.717, 1.165) is 19.3 Å². The van der Waals surface area contributed by atoms with Crippen LogP contribution in [0.1, 0.15) is 38.3 Å². The summed E-state index contributed by atoms with van der Waals surface area (Å²) < 4.78 is 0. The van der Waals surface area contributed by atoms with Crippen molar-refractivity contribution in [3.8, 4) is 0 Å². The molecule has 110 valence electrons. The quantitative estimate of drug-likeness (QED) is 0.833. The minimum absolute atomic E-state index is 0.113. The van der Waals surface area contributed by atoms with Crippen LogP contribution >= 0.6 is 15.9 Å². The summed E-state index contributed by atoms with van der Waals surface area (Å²) in [6, 6.07) is 8.37. The SMILES string of the molecule is CC(C)(C)CC(Br)CNC(=O)C1Cc2ccccc2C1. The Kier molecular flexibility index (Phi) is 4.90. The summed E-state index contributed by atoms with van der Waals surface area (Å²) in [5.41, 5.74) is 2.94. The molecule has 0 spiro atoms. The summed E-state index contributed by atoms with van der Waals surface area (Å²) in [5.74, 6) is 0.307. The lowest BCUT2D eigenvalue weighted by molar-refractivity contribution is -0.124. The summed E-state index contributed by atoms with van der Waals surface area (Å²) in [7, 11) is 0. The van der Waals surface area contributed by atoms with Crippen LogP contribution in [0.5, 0.6) is 0 Å². The lowest BCUT2D eigenvalue weighted by Crippen LogP contribution is -2.36. The topological polar surface area (TPSA) is 29.1 Å². The average Bonchev–Trinajstić information content (AvgIpc) is 2.77. The van der Waals surface area contributed by atoms with E-state index in [4.69, 9.17) is 0 Å². The van der Waals surface area contributed by atoms with Crippen molar-refractivity contribution in [3.05, 3.63) is 35.4 Å². The lowest BCUT2D eigenvalue weighted by Gasteiger charge is -2.22. The zero-order valence-corrected chi connectivity index (χ0v) is 14.2. The molecule has 0 radical (unpaired) electrons. The Bertz CT molecular complexity index is 453. The number of fused-ring (bicyclic) bond motifs is 1. The third kappa shape index (κ3) is 4.34. The normalized spacial score (nSPS) is 16.8. The zero-order chi connectivity index (χ0) is 14.8. The van der Waals surface area contributed by atoms with E-state index in [-0.39, 0.29) is 17.2 Å². The first-order valence-electron chi connectivity index (χ1n) is 7.34. The van der Waals surface area contributed by atoms with Crippen molar-refractivity contribution in [3.63, 3.8) is 0 Å². The molecule has 0 fully saturated rings. The van der Waals surface area contributed by atoms with Crippen molar-refractivity contribution in [2.24, 2.45) is 11.3 Å². The number of rotatable bonds is 4. The van der Waals surface area contributed by atoms with Gasteiger partial charge >= 0.3 is 0 Å². The smallest absolute Gasteiger partial charge is 0.223 e. The number of nitrogens with one attached hydrogen (secondary N) is 1. The number of benzene rings is 1. The van der Waals surface area contributed by atoms with Crippen LogP contribution < -0.4 is 5.32 Å². The van der Waals surface area contributed by atoms with Crippen LogP contribution in [0.3, 0.4) is 0 Å². The molecule has 0 heterocycles. The average molecular weight is 338 g/mol. The van der Waals surface area contributed by atoms with Crippen molar-refractivity contribution in [2.75, 3.05) is 6.54 Å². The molecule has 0 saturated carbocycles. The van der Waals surface area contributed by atoms with Gasteiger partial charge in [0.1, 0.15) is 0 Å². The van der Waals surface area contributed by atoms with E-state index in [9.17, 15) is 4.79 Å². The highest BCUT2D eigenvalue weighted by Gasteiger charge is 2.27. The number of alkyl halides is 1. The largest absolute Gasteiger partial charge is 0.355 e. The molecule has 1 aliphatic rings. The molecule has 1 aromatic carbocycles. The third-order valence-corrected chi connectivity index (χ3v) is 4.40. The van der Waals surface area contributed by atoms with Crippen molar-refractivity contribution < 1.29 is 4.79 Å². The van der Waals surface area contributed by atoms with Gasteiger partial charge in [-0.3, -0.25) is 4.79 Å². The summed E-state index contributed by atoms with van der Waals surface area (Å²) in [4.78, 5) is 12.6. The van der Waals surface area contributed by atoms with E-state index in [0.29, 0.717) is 11.4 Å². The molecular formula is C17H24BrNO. The minimum Gasteiger partial charge on any atom is -0.355 e. The second-order valence-electron chi connectivity index (χ2n) is 6.98. The van der Waals surface area contributed by atoms with Crippen LogP contribution in [0.25, 0.3) is 0 Å². The number of hydrogen-bond acceptors (Lipinski definition) is 1. The molecule has 0 saturated heterocycles. The fourth-order valence-corrected chi connectivity index (χ4v) is 3.97. The van der Waals surface area contributed by atoms with Crippen LogP contribution in [0.4, 0.5) is 0 Å². The Labute approximate surface area is 130 Å². The highest BCUT2D eigenvalue weighted by Crippen LogP contribution is 2.27. The van der Waals surface area contributed by atoms with E-state index in [2.05, 4.69) is 66.3 Å². The molecule has 3 heteroatoms. The van der Waals surface area contributed by atoms with Crippen LogP contribution in [-0.4, -0.2) is 17.3 Å². The number of amides is 1. The van der Waals surface area contributed by atoms with Crippen LogP contribution in [0.15, 0.2) is 24.3 Å². The fourth-order valence-electron chi connectivity index (χ4n) is 2.84. The molecule has 20 heavy (non-hydrogen) atoms. The standard InChI is InChI=1S/C17H24BrNO/c1-17(2,3)10-15(18)11-19-16(20)14-8-12-6-4-5-7-13(12)9-14/h4-7,14-15H,8-11H2,1-3H3,(H,19,20). The van der Waals surface area contributed by atoms with Gasteiger partial charge in [0.25, 0.3) is 0 Å². The van der Waals surface area contributed by atoms with E-state index in [1.54, 1.807) is 0 Å². The molecule has 0 bridgehead atoms. The van der Waals surface area contributed by atoms with Crippen LogP contribution in [-0.2, 0) is 17.6 Å². The maximum absolute atomic E-state index is 12.3. The molecule has 2 rings (SSSR count). The summed E-state index contributed by atoms with van der Waals surface area (Å²) in [6.07, 6.45) is 2.82. The molecule has 1 aromatic rings. The lowest BCUT2D eigenvalue weighted by atomic mass is 9.90. The Morgan fingerprint density at radius 3 is 2.35 bits per heavy atom. The molecule has 1 atom stereocenters. The van der Waals surface area contributed by atoms with Gasteiger partial charge < -0.3 is 5.32 Å². The van der Waals surface area contributed by atoms with Crippen molar-refractivity contribution in [2.45, 2.75) is 44.9 Å². The van der Waals surface area contributed by atoms with E-state index < -0.39 is 0 Å². The zero-order valence-electron chi connectivity index (χ0n) is 12.6. The molecule has 1 N–H and O–H groups in total. The predicted molar refractivity (Wildman–Crippen MR) is 87.1 cm³/mol. The number of carbonyl (C=O) groups is 1. The Balaban J connectivity index is 1.80. The molecule has 0 aromatic heterocycles. The highest BCUT2D eigenvalue weighted by molar-refractivity contribution is 9.09. The number of halogens is 1. The molecular weight excluding hydrogens is 314 g/mol. The minimum atomic E-state index is 0.113. The highest BCUT2D eigenvalue weighted by atomic mass is 79.9. The Morgan fingerprint density at radius 1 is 1.30 bits per heavy atom. The van der Waals surface area contributed by atoms with E-state index in [1.165, 1.54) is 11.1 Å². The van der Waals surface area contributed by atoms with Gasteiger partial charge in [0, 0.05) is 17.3 Å². The summed E-state index contributed by atoms with van der Waals surface area (Å²) in [5, 5.41) is 3.10. The third-order valence-electron chi connectivity index (χ3n) is 3.75. The van der Waals surface area contributed by atoms with E-state index >= 15 is 0 Å². The van der Waals surface area contributed by atoms with Gasteiger partial charge in [0.2, 0.25) is 5.91 Å².